The molecule has 1 aliphatic rings. The minimum absolute atomic E-state index is 0.141. The van der Waals surface area contributed by atoms with Crippen LogP contribution in [0.5, 0.6) is 5.75 Å². The van der Waals surface area contributed by atoms with Gasteiger partial charge >= 0.3 is 19.1 Å². The molecule has 1 aromatic carbocycles. The molecule has 1 amide bonds. The van der Waals surface area contributed by atoms with Crippen molar-refractivity contribution in [1.82, 2.24) is 5.32 Å². The van der Waals surface area contributed by atoms with E-state index in [1.54, 1.807) is 27.7 Å². The van der Waals surface area contributed by atoms with E-state index in [0.29, 0.717) is 5.56 Å². The summed E-state index contributed by atoms with van der Waals surface area (Å²) in [6, 6.07) is 2.47. The van der Waals surface area contributed by atoms with Gasteiger partial charge in [0.05, 0.1) is 11.4 Å². The van der Waals surface area contributed by atoms with Gasteiger partial charge in [0.25, 0.3) is 0 Å². The number of hydrogen-bond donors (Lipinski definition) is 2. The molecule has 1 atom stereocenters. The number of carbonyl (C=O) groups is 3. The lowest BCUT2D eigenvalue weighted by molar-refractivity contribution is -0.161. The van der Waals surface area contributed by atoms with Crippen molar-refractivity contribution in [3.05, 3.63) is 29.1 Å². The molecule has 1 unspecified atom stereocenters. The number of hydrogen-bond acceptors (Lipinski definition) is 7. The summed E-state index contributed by atoms with van der Waals surface area (Å²) in [5, 5.41) is 12.7. The molecule has 8 nitrogen and oxygen atoms in total. The van der Waals surface area contributed by atoms with E-state index in [-0.39, 0.29) is 24.5 Å². The molecule has 2 rings (SSSR count). The van der Waals surface area contributed by atoms with Gasteiger partial charge < -0.3 is 24.5 Å². The Morgan fingerprint density at radius 2 is 2.00 bits per heavy atom. The van der Waals surface area contributed by atoms with Gasteiger partial charge in [-0.05, 0) is 38.8 Å². The Morgan fingerprint density at radius 1 is 1.32 bits per heavy atom. The van der Waals surface area contributed by atoms with Crippen molar-refractivity contribution < 1.29 is 37.9 Å². The van der Waals surface area contributed by atoms with Crippen molar-refractivity contribution in [3.8, 4) is 5.75 Å². The Labute approximate surface area is 162 Å². The number of nitrogens with one attached hydrogen (secondary N) is 1. The van der Waals surface area contributed by atoms with Gasteiger partial charge in [-0.25, -0.2) is 9.18 Å². The minimum Gasteiger partial charge on any atom is -0.534 e. The second kappa shape index (κ2) is 8.60. The molecule has 0 fully saturated rings. The lowest BCUT2D eigenvalue weighted by Crippen LogP contribution is -2.53. The largest absolute Gasteiger partial charge is 0.547 e. The van der Waals surface area contributed by atoms with Gasteiger partial charge in [0.1, 0.15) is 17.1 Å². The average molecular weight is 395 g/mol. The smallest absolute Gasteiger partial charge is 0.534 e. The van der Waals surface area contributed by atoms with Crippen LogP contribution in [0, 0.1) is 11.2 Å². The van der Waals surface area contributed by atoms with Gasteiger partial charge in [-0.1, -0.05) is 13.0 Å². The Bertz CT molecular complexity index is 778. The second-order valence-electron chi connectivity index (χ2n) is 7.38. The molecule has 0 spiro atoms. The van der Waals surface area contributed by atoms with Gasteiger partial charge in [0, 0.05) is 6.42 Å². The summed E-state index contributed by atoms with van der Waals surface area (Å²) in [5.41, 5.74) is -0.871. The van der Waals surface area contributed by atoms with Crippen LogP contribution in [-0.4, -0.2) is 42.7 Å². The van der Waals surface area contributed by atoms with Crippen LogP contribution in [0.15, 0.2) is 12.1 Å². The van der Waals surface area contributed by atoms with Crippen molar-refractivity contribution >= 4 is 25.0 Å². The predicted octanol–water partition coefficient (Wildman–Crippen LogP) is 1.38. The number of benzene rings is 1. The lowest BCUT2D eigenvalue weighted by atomic mass is 9.72. The Hall–Kier alpha value is -2.62. The van der Waals surface area contributed by atoms with Crippen LogP contribution in [0.2, 0.25) is 0 Å². The Kier molecular flexibility index (Phi) is 6.66. The van der Waals surface area contributed by atoms with E-state index < -0.39 is 48.6 Å². The highest BCUT2D eigenvalue weighted by Crippen LogP contribution is 2.32. The zero-order chi connectivity index (χ0) is 21.1. The highest BCUT2D eigenvalue weighted by molar-refractivity contribution is 6.47. The number of amides is 1. The molecule has 2 N–H and O–H groups in total. The van der Waals surface area contributed by atoms with Gasteiger partial charge in [0.15, 0.2) is 0 Å². The van der Waals surface area contributed by atoms with Crippen LogP contribution in [0.1, 0.15) is 50.0 Å². The third kappa shape index (κ3) is 5.01. The van der Waals surface area contributed by atoms with Crippen molar-refractivity contribution in [2.45, 2.75) is 46.5 Å². The van der Waals surface area contributed by atoms with Crippen LogP contribution >= 0.6 is 0 Å². The first kappa shape index (κ1) is 21.7. The highest BCUT2D eigenvalue weighted by atomic mass is 19.1. The van der Waals surface area contributed by atoms with Gasteiger partial charge in [-0.2, -0.15) is 0 Å². The molecule has 152 valence electrons. The lowest BCUT2D eigenvalue weighted by Gasteiger charge is -2.29. The van der Waals surface area contributed by atoms with Crippen molar-refractivity contribution in [2.75, 3.05) is 6.79 Å². The van der Waals surface area contributed by atoms with E-state index in [9.17, 15) is 23.8 Å². The summed E-state index contributed by atoms with van der Waals surface area (Å²) in [5.74, 6) is -3.77. The van der Waals surface area contributed by atoms with E-state index in [0.717, 1.165) is 6.07 Å². The fraction of sp³-hybridized carbons (Fsp3) is 0.500. The molecule has 1 aliphatic heterocycles. The number of carbonyl (C=O) groups excluding carboxylic acids is 3. The molecule has 0 aromatic heterocycles. The average Bonchev–Trinajstić information content (AvgIpc) is 2.61. The highest BCUT2D eigenvalue weighted by Gasteiger charge is 2.39. The Morgan fingerprint density at radius 3 is 2.61 bits per heavy atom. The fourth-order valence-electron chi connectivity index (χ4n) is 2.48. The van der Waals surface area contributed by atoms with Gasteiger partial charge in [-0.15, -0.1) is 0 Å². The van der Waals surface area contributed by atoms with Crippen LogP contribution in [0.3, 0.4) is 0 Å². The SMILES string of the molecule is CCC(=O)NC1Cc2ccc(F)c(C(=O)OCOC(=O)C(C)(C)C)c2OB1O. The molecule has 1 aromatic rings. The van der Waals surface area contributed by atoms with E-state index in [4.69, 9.17) is 14.1 Å². The maximum absolute atomic E-state index is 14.3. The van der Waals surface area contributed by atoms with E-state index in [2.05, 4.69) is 5.32 Å². The number of rotatable bonds is 5. The summed E-state index contributed by atoms with van der Waals surface area (Å²) in [6.45, 7) is 5.87. The topological polar surface area (TPSA) is 111 Å². The molecule has 10 heteroatoms. The summed E-state index contributed by atoms with van der Waals surface area (Å²) in [7, 11) is -1.46. The fourth-order valence-corrected chi connectivity index (χ4v) is 2.48. The maximum atomic E-state index is 14.3. The molecular weight excluding hydrogens is 372 g/mol. The number of ether oxygens (including phenoxy) is 2. The van der Waals surface area contributed by atoms with Crippen LogP contribution in [-0.2, 0) is 25.5 Å². The first-order chi connectivity index (χ1) is 13.0. The third-order valence-corrected chi connectivity index (χ3v) is 4.08. The van der Waals surface area contributed by atoms with E-state index in [1.165, 1.54) is 6.07 Å². The van der Waals surface area contributed by atoms with Crippen LogP contribution in [0.25, 0.3) is 0 Å². The van der Waals surface area contributed by atoms with Crippen LogP contribution in [0.4, 0.5) is 4.39 Å². The van der Waals surface area contributed by atoms with Crippen LogP contribution < -0.4 is 9.97 Å². The maximum Gasteiger partial charge on any atom is 0.547 e. The van der Waals surface area contributed by atoms with E-state index in [1.807, 2.05) is 0 Å². The zero-order valence-electron chi connectivity index (χ0n) is 16.2. The van der Waals surface area contributed by atoms with Crippen molar-refractivity contribution in [3.63, 3.8) is 0 Å². The summed E-state index contributed by atoms with van der Waals surface area (Å²) < 4.78 is 29.2. The molecule has 0 saturated heterocycles. The molecule has 0 bridgehead atoms. The molecular formula is C18H23BFNO7. The second-order valence-corrected chi connectivity index (χ2v) is 7.38. The first-order valence-corrected chi connectivity index (χ1v) is 8.84. The zero-order valence-corrected chi connectivity index (χ0v) is 16.2. The van der Waals surface area contributed by atoms with Gasteiger partial charge in [-0.3, -0.25) is 9.59 Å². The molecule has 0 radical (unpaired) electrons. The monoisotopic (exact) mass is 395 g/mol. The van der Waals surface area contributed by atoms with Crippen molar-refractivity contribution in [2.24, 2.45) is 5.41 Å². The predicted molar refractivity (Wildman–Crippen MR) is 96.8 cm³/mol. The number of fused-ring (bicyclic) bond motifs is 1. The summed E-state index contributed by atoms with van der Waals surface area (Å²) in [6.07, 6.45) is 0.367. The molecule has 0 saturated carbocycles. The van der Waals surface area contributed by atoms with Gasteiger partial charge in [0.2, 0.25) is 12.7 Å². The number of halogens is 1. The standard InChI is InChI=1S/C18H23BFNO7/c1-5-13(22)21-12-8-10-6-7-11(20)14(15(10)28-19(12)25)16(23)26-9-27-17(24)18(2,3)4/h6-7,12,25H,5,8-9H2,1-4H3,(H,21,22). The number of esters is 2. The quantitative estimate of drug-likeness (QED) is 0.440. The first-order valence-electron chi connectivity index (χ1n) is 8.84. The molecule has 0 aliphatic carbocycles. The van der Waals surface area contributed by atoms with Crippen molar-refractivity contribution in [1.29, 1.82) is 0 Å². The third-order valence-electron chi connectivity index (χ3n) is 4.08. The minimum atomic E-state index is -1.46. The summed E-state index contributed by atoms with van der Waals surface area (Å²) >= 11 is 0. The Balaban J connectivity index is 2.14. The van der Waals surface area contributed by atoms with E-state index >= 15 is 0 Å². The normalized spacial score (nSPS) is 15.9. The molecule has 28 heavy (non-hydrogen) atoms. The summed E-state index contributed by atoms with van der Waals surface area (Å²) in [4.78, 5) is 35.5. The molecule has 1 heterocycles.